The zero-order chi connectivity index (χ0) is 29.9. The molecule has 6 heteroatoms. The highest BCUT2D eigenvalue weighted by Gasteiger charge is 2.24. The fourth-order valence-corrected chi connectivity index (χ4v) is 6.60. The first-order chi connectivity index (χ1) is 22.2. The number of aliphatic imine (C=N–C) groups is 1. The van der Waals surface area contributed by atoms with Crippen LogP contribution in [0.5, 0.6) is 0 Å². The molecule has 0 fully saturated rings. The monoisotopic (exact) mass is 580 g/mol. The van der Waals surface area contributed by atoms with Crippen molar-refractivity contribution >= 4 is 55.6 Å². The van der Waals surface area contributed by atoms with Crippen LogP contribution >= 0.6 is 0 Å². The number of rotatable bonds is 4. The summed E-state index contributed by atoms with van der Waals surface area (Å²) in [6, 6.07) is 41.9. The van der Waals surface area contributed by atoms with Gasteiger partial charge >= 0.3 is 0 Å². The van der Waals surface area contributed by atoms with Gasteiger partial charge in [-0.15, -0.1) is 0 Å². The molecule has 214 valence electrons. The summed E-state index contributed by atoms with van der Waals surface area (Å²) in [7, 11) is 0. The van der Waals surface area contributed by atoms with Crippen molar-refractivity contribution in [3.05, 3.63) is 127 Å². The van der Waals surface area contributed by atoms with E-state index < -0.39 is 0 Å². The van der Waals surface area contributed by atoms with E-state index >= 15 is 0 Å². The molecule has 4 heterocycles. The lowest BCUT2D eigenvalue weighted by molar-refractivity contribution is 0.792. The minimum atomic E-state index is 0.409. The number of fused-ring (bicyclic) bond motifs is 7. The van der Waals surface area contributed by atoms with E-state index in [9.17, 15) is 0 Å². The van der Waals surface area contributed by atoms with Crippen molar-refractivity contribution in [1.82, 2.24) is 24.1 Å². The maximum absolute atomic E-state index is 5.17. The topological polar surface area (TPSA) is 60.9 Å². The summed E-state index contributed by atoms with van der Waals surface area (Å²) in [5, 5.41) is 4.63. The van der Waals surface area contributed by atoms with Crippen molar-refractivity contribution in [2.75, 3.05) is 0 Å². The van der Waals surface area contributed by atoms with Gasteiger partial charge in [-0.3, -0.25) is 9.13 Å². The molecule has 5 aromatic carbocycles. The van der Waals surface area contributed by atoms with Gasteiger partial charge in [0.2, 0.25) is 5.95 Å². The van der Waals surface area contributed by atoms with E-state index in [0.29, 0.717) is 23.5 Å². The maximum Gasteiger partial charge on any atom is 0.238 e. The summed E-state index contributed by atoms with van der Waals surface area (Å²) in [4.78, 5) is 20.3. The summed E-state index contributed by atoms with van der Waals surface area (Å²) in [5.41, 5.74) is 6.18. The molecule has 1 atom stereocenters. The van der Waals surface area contributed by atoms with Gasteiger partial charge in [0, 0.05) is 38.9 Å². The van der Waals surface area contributed by atoms with Crippen LogP contribution in [0.3, 0.4) is 0 Å². The average molecular weight is 581 g/mol. The number of benzene rings is 5. The standard InChI is InChI=1S/C39H28N6/c1-25-20-23-34(40-24-25)44-32-18-10-8-16-28(32)30-21-22-31-29-17-9-11-19-33(29)45(36(31)35(30)44)39-42-37(26-12-4-2-5-13-26)41-38(43-39)27-14-6-3-7-15-27/h2-19,21-25H,20H2,1H3. The first-order valence-electron chi connectivity index (χ1n) is 15.3. The highest BCUT2D eigenvalue weighted by molar-refractivity contribution is 6.24. The van der Waals surface area contributed by atoms with Gasteiger partial charge in [0.1, 0.15) is 5.82 Å². The van der Waals surface area contributed by atoms with Gasteiger partial charge < -0.3 is 0 Å². The van der Waals surface area contributed by atoms with Gasteiger partial charge in [0.25, 0.3) is 0 Å². The number of aromatic nitrogens is 5. The first kappa shape index (κ1) is 25.6. The zero-order valence-corrected chi connectivity index (χ0v) is 24.7. The normalized spacial score (nSPS) is 15.0. The largest absolute Gasteiger partial charge is 0.292 e. The molecule has 0 saturated carbocycles. The quantitative estimate of drug-likeness (QED) is 0.208. The van der Waals surface area contributed by atoms with Crippen LogP contribution in [0.2, 0.25) is 0 Å². The fraction of sp³-hybridized carbons (Fsp3) is 0.0769. The molecule has 0 radical (unpaired) electrons. The summed E-state index contributed by atoms with van der Waals surface area (Å²) < 4.78 is 4.54. The Morgan fingerprint density at radius 3 is 1.60 bits per heavy atom. The third kappa shape index (κ3) is 4.03. The molecule has 6 nitrogen and oxygen atoms in total. The molecule has 0 bridgehead atoms. The van der Waals surface area contributed by atoms with E-state index in [1.54, 1.807) is 0 Å². The maximum atomic E-state index is 5.17. The van der Waals surface area contributed by atoms with Crippen LogP contribution in [0.15, 0.2) is 132 Å². The Hall–Kier alpha value is -5.88. The fourth-order valence-electron chi connectivity index (χ4n) is 6.60. The number of hydrogen-bond donors (Lipinski definition) is 0. The predicted octanol–water partition coefficient (Wildman–Crippen LogP) is 9.32. The van der Waals surface area contributed by atoms with Crippen LogP contribution in [0.4, 0.5) is 0 Å². The zero-order valence-electron chi connectivity index (χ0n) is 24.7. The molecule has 0 spiro atoms. The molecule has 9 rings (SSSR count). The van der Waals surface area contributed by atoms with E-state index in [1.165, 1.54) is 5.39 Å². The van der Waals surface area contributed by atoms with Gasteiger partial charge in [-0.05, 0) is 30.5 Å². The molecular formula is C39H28N6. The van der Waals surface area contributed by atoms with Gasteiger partial charge in [-0.1, -0.05) is 116 Å². The number of allylic oxidation sites excluding steroid dienone is 1. The van der Waals surface area contributed by atoms with Crippen molar-refractivity contribution in [3.63, 3.8) is 0 Å². The predicted molar refractivity (Wildman–Crippen MR) is 185 cm³/mol. The van der Waals surface area contributed by atoms with Crippen molar-refractivity contribution in [3.8, 4) is 28.7 Å². The molecule has 0 N–H and O–H groups in total. The van der Waals surface area contributed by atoms with Crippen LogP contribution in [0.25, 0.3) is 78.2 Å². The van der Waals surface area contributed by atoms with Gasteiger partial charge in [-0.25, -0.2) is 9.98 Å². The van der Waals surface area contributed by atoms with E-state index in [1.807, 2.05) is 60.7 Å². The molecule has 1 aliphatic heterocycles. The van der Waals surface area contributed by atoms with Crippen LogP contribution in [-0.2, 0) is 0 Å². The van der Waals surface area contributed by atoms with Crippen LogP contribution in [0.1, 0.15) is 13.3 Å². The van der Waals surface area contributed by atoms with Crippen LogP contribution in [-0.4, -0.2) is 30.3 Å². The summed E-state index contributed by atoms with van der Waals surface area (Å²) in [6.45, 7) is 2.20. The summed E-state index contributed by atoms with van der Waals surface area (Å²) in [6.07, 6.45) is 5.27. The molecule has 0 amide bonds. The molecule has 0 aliphatic carbocycles. The molecule has 8 aromatic rings. The smallest absolute Gasteiger partial charge is 0.238 e. The third-order valence-electron chi connectivity index (χ3n) is 8.72. The summed E-state index contributed by atoms with van der Waals surface area (Å²) >= 11 is 0. The van der Waals surface area contributed by atoms with Crippen molar-refractivity contribution < 1.29 is 0 Å². The second kappa shape index (κ2) is 10.1. The minimum Gasteiger partial charge on any atom is -0.292 e. The molecule has 45 heavy (non-hydrogen) atoms. The highest BCUT2D eigenvalue weighted by atomic mass is 15.2. The van der Waals surface area contributed by atoms with Crippen LogP contribution in [0, 0.1) is 5.92 Å². The average Bonchev–Trinajstić information content (AvgIpc) is 3.62. The molecule has 3 aromatic heterocycles. The molecular weight excluding hydrogens is 552 g/mol. The summed E-state index contributed by atoms with van der Waals surface area (Å²) in [5.74, 6) is 3.19. The highest BCUT2D eigenvalue weighted by Crippen LogP contribution is 2.42. The van der Waals surface area contributed by atoms with Gasteiger partial charge in [-0.2, -0.15) is 9.97 Å². The Balaban J connectivity index is 1.45. The lowest BCUT2D eigenvalue weighted by Crippen LogP contribution is -2.08. The molecule has 1 unspecified atom stereocenters. The van der Waals surface area contributed by atoms with Crippen molar-refractivity contribution in [1.29, 1.82) is 0 Å². The van der Waals surface area contributed by atoms with Gasteiger partial charge in [0.05, 0.1) is 22.1 Å². The van der Waals surface area contributed by atoms with E-state index in [2.05, 4.69) is 89.0 Å². The van der Waals surface area contributed by atoms with E-state index in [4.69, 9.17) is 19.9 Å². The third-order valence-corrected chi connectivity index (χ3v) is 8.72. The van der Waals surface area contributed by atoms with Crippen molar-refractivity contribution in [2.45, 2.75) is 13.3 Å². The minimum absolute atomic E-state index is 0.409. The van der Waals surface area contributed by atoms with Gasteiger partial charge in [0.15, 0.2) is 11.6 Å². The number of nitrogens with zero attached hydrogens (tertiary/aromatic N) is 6. The SMILES string of the molecule is CC1C=NC(n2c3ccccc3c3ccc4c5ccccc5n(-c5nc(-c6ccccc6)nc(-c6ccccc6)n5)c4c32)=CC1. The van der Waals surface area contributed by atoms with E-state index in [0.717, 1.165) is 61.6 Å². The Morgan fingerprint density at radius 2 is 1.04 bits per heavy atom. The number of hydrogen-bond acceptors (Lipinski definition) is 4. The second-order valence-electron chi connectivity index (χ2n) is 11.6. The van der Waals surface area contributed by atoms with Crippen molar-refractivity contribution in [2.24, 2.45) is 10.9 Å². The lowest BCUT2D eigenvalue weighted by atomic mass is 10.1. The second-order valence-corrected chi connectivity index (χ2v) is 11.6. The Labute approximate surface area is 259 Å². The lowest BCUT2D eigenvalue weighted by Gasteiger charge is -2.16. The Kier molecular flexibility index (Phi) is 5.75. The molecule has 0 saturated heterocycles. The Morgan fingerprint density at radius 1 is 0.533 bits per heavy atom. The number of para-hydroxylation sites is 2. The molecule has 1 aliphatic rings. The Bertz CT molecular complexity index is 2410. The first-order valence-corrected chi connectivity index (χ1v) is 15.3. The van der Waals surface area contributed by atoms with E-state index in [-0.39, 0.29) is 0 Å². The van der Waals surface area contributed by atoms with Crippen LogP contribution < -0.4 is 0 Å².